The first kappa shape index (κ1) is 23.9. The van der Waals surface area contributed by atoms with Crippen LogP contribution in [0.15, 0.2) is 4.99 Å². The molecule has 0 unspecified atom stereocenters. The van der Waals surface area contributed by atoms with Gasteiger partial charge >= 0.3 is 0 Å². The molecule has 0 aliphatic carbocycles. The van der Waals surface area contributed by atoms with Gasteiger partial charge in [-0.15, -0.1) is 24.0 Å². The zero-order chi connectivity index (χ0) is 17.1. The maximum Gasteiger partial charge on any atom is 0.211 e. The van der Waals surface area contributed by atoms with Gasteiger partial charge in [0.05, 0.1) is 5.75 Å². The molecule has 1 fully saturated rings. The molecule has 0 atom stereocenters. The second-order valence-electron chi connectivity index (χ2n) is 6.10. The highest BCUT2D eigenvalue weighted by Crippen LogP contribution is 2.15. The SMILES string of the molecule is CCS(=O)(=O)NCCNC(=NC)NCCCN1CCC(C)CC1.I. The number of guanidine groups is 1. The van der Waals surface area contributed by atoms with Gasteiger partial charge in [-0.3, -0.25) is 4.99 Å². The number of rotatable bonds is 9. The van der Waals surface area contributed by atoms with E-state index in [2.05, 4.69) is 32.2 Å². The molecule has 0 aromatic carbocycles. The Morgan fingerprint density at radius 1 is 1.17 bits per heavy atom. The first-order chi connectivity index (χ1) is 11.0. The number of halogens is 1. The summed E-state index contributed by atoms with van der Waals surface area (Å²) in [5.41, 5.74) is 0. The van der Waals surface area contributed by atoms with Crippen molar-refractivity contribution in [3.8, 4) is 0 Å². The van der Waals surface area contributed by atoms with E-state index in [0.29, 0.717) is 19.0 Å². The fraction of sp³-hybridized carbons (Fsp3) is 0.933. The Labute approximate surface area is 164 Å². The molecule has 9 heteroatoms. The third-order valence-corrected chi connectivity index (χ3v) is 5.57. The predicted octanol–water partition coefficient (Wildman–Crippen LogP) is 0.831. The molecule has 0 spiro atoms. The van der Waals surface area contributed by atoms with Crippen LogP contribution in [0.4, 0.5) is 0 Å². The summed E-state index contributed by atoms with van der Waals surface area (Å²) in [5, 5.41) is 6.37. The fourth-order valence-corrected chi connectivity index (χ4v) is 3.12. The molecule has 1 aliphatic rings. The van der Waals surface area contributed by atoms with Crippen molar-refractivity contribution in [1.82, 2.24) is 20.3 Å². The van der Waals surface area contributed by atoms with Crippen molar-refractivity contribution in [1.29, 1.82) is 0 Å². The molecule has 0 saturated carbocycles. The van der Waals surface area contributed by atoms with Gasteiger partial charge in [0.1, 0.15) is 0 Å². The minimum atomic E-state index is -3.12. The lowest BCUT2D eigenvalue weighted by molar-refractivity contribution is 0.191. The lowest BCUT2D eigenvalue weighted by Crippen LogP contribution is -2.42. The van der Waals surface area contributed by atoms with Gasteiger partial charge in [0.25, 0.3) is 0 Å². The monoisotopic (exact) mass is 475 g/mol. The number of sulfonamides is 1. The van der Waals surface area contributed by atoms with Gasteiger partial charge < -0.3 is 15.5 Å². The molecule has 1 aliphatic heterocycles. The van der Waals surface area contributed by atoms with Crippen LogP contribution >= 0.6 is 24.0 Å². The molecule has 0 aromatic rings. The molecule has 7 nitrogen and oxygen atoms in total. The van der Waals surface area contributed by atoms with E-state index in [9.17, 15) is 8.42 Å². The summed E-state index contributed by atoms with van der Waals surface area (Å²) in [6.45, 7) is 9.25. The molecule has 24 heavy (non-hydrogen) atoms. The summed E-state index contributed by atoms with van der Waals surface area (Å²) in [5.74, 6) is 1.69. The van der Waals surface area contributed by atoms with Gasteiger partial charge in [-0.2, -0.15) is 0 Å². The highest BCUT2D eigenvalue weighted by atomic mass is 127. The Morgan fingerprint density at radius 3 is 2.38 bits per heavy atom. The van der Waals surface area contributed by atoms with Crippen LogP contribution in [0.2, 0.25) is 0 Å². The first-order valence-electron chi connectivity index (χ1n) is 8.61. The van der Waals surface area contributed by atoms with Crippen LogP contribution < -0.4 is 15.4 Å². The second kappa shape index (κ2) is 13.1. The zero-order valence-corrected chi connectivity index (χ0v) is 18.3. The Hall–Kier alpha value is -0.130. The van der Waals surface area contributed by atoms with Gasteiger partial charge in [0.2, 0.25) is 10.0 Å². The van der Waals surface area contributed by atoms with E-state index >= 15 is 0 Å². The smallest absolute Gasteiger partial charge is 0.211 e. The largest absolute Gasteiger partial charge is 0.356 e. The molecular weight excluding hydrogens is 441 g/mol. The molecule has 0 aromatic heterocycles. The van der Waals surface area contributed by atoms with Gasteiger partial charge in [0, 0.05) is 26.7 Å². The van der Waals surface area contributed by atoms with Gasteiger partial charge in [-0.1, -0.05) is 6.92 Å². The van der Waals surface area contributed by atoms with Crippen LogP contribution in [0.3, 0.4) is 0 Å². The topological polar surface area (TPSA) is 85.8 Å². The Bertz CT molecular complexity index is 451. The first-order valence-corrected chi connectivity index (χ1v) is 10.3. The molecule has 0 bridgehead atoms. The minimum Gasteiger partial charge on any atom is -0.356 e. The Balaban J connectivity index is 0.00000529. The molecule has 1 heterocycles. The van der Waals surface area contributed by atoms with Crippen LogP contribution in [0.25, 0.3) is 0 Å². The van der Waals surface area contributed by atoms with Gasteiger partial charge in [0.15, 0.2) is 5.96 Å². The number of hydrogen-bond donors (Lipinski definition) is 3. The third-order valence-electron chi connectivity index (χ3n) is 4.16. The van der Waals surface area contributed by atoms with E-state index in [1.54, 1.807) is 14.0 Å². The Morgan fingerprint density at radius 2 is 1.79 bits per heavy atom. The third kappa shape index (κ3) is 10.7. The van der Waals surface area contributed by atoms with Crippen molar-refractivity contribution in [2.45, 2.75) is 33.1 Å². The van der Waals surface area contributed by atoms with Crippen molar-refractivity contribution in [2.24, 2.45) is 10.9 Å². The summed E-state index contributed by atoms with van der Waals surface area (Å²) in [4.78, 5) is 6.67. The van der Waals surface area contributed by atoms with E-state index < -0.39 is 10.0 Å². The van der Waals surface area contributed by atoms with Crippen LogP contribution in [0.5, 0.6) is 0 Å². The molecule has 3 N–H and O–H groups in total. The summed E-state index contributed by atoms with van der Waals surface area (Å²) in [6, 6.07) is 0. The normalized spacial score (nSPS) is 17.4. The van der Waals surface area contributed by atoms with E-state index in [1.807, 2.05) is 0 Å². The van der Waals surface area contributed by atoms with Crippen molar-refractivity contribution in [2.75, 3.05) is 52.1 Å². The van der Waals surface area contributed by atoms with Crippen molar-refractivity contribution >= 4 is 40.0 Å². The lowest BCUT2D eigenvalue weighted by Gasteiger charge is -2.30. The van der Waals surface area contributed by atoms with E-state index in [4.69, 9.17) is 0 Å². The predicted molar refractivity (Wildman–Crippen MR) is 112 cm³/mol. The quantitative estimate of drug-likeness (QED) is 0.199. The van der Waals surface area contributed by atoms with E-state index in [1.165, 1.54) is 25.9 Å². The minimum absolute atomic E-state index is 0. The van der Waals surface area contributed by atoms with E-state index in [-0.39, 0.29) is 29.7 Å². The van der Waals surface area contributed by atoms with Crippen LogP contribution in [-0.2, 0) is 10.0 Å². The number of nitrogens with zero attached hydrogens (tertiary/aromatic N) is 2. The molecule has 1 saturated heterocycles. The molecule has 144 valence electrons. The second-order valence-corrected chi connectivity index (χ2v) is 8.20. The summed E-state index contributed by atoms with van der Waals surface area (Å²) in [6.07, 6.45) is 3.70. The van der Waals surface area contributed by atoms with Gasteiger partial charge in [-0.05, 0) is 51.7 Å². The summed E-state index contributed by atoms with van der Waals surface area (Å²) < 4.78 is 25.1. The summed E-state index contributed by atoms with van der Waals surface area (Å²) >= 11 is 0. The van der Waals surface area contributed by atoms with Crippen LogP contribution in [-0.4, -0.2) is 71.3 Å². The fourth-order valence-electron chi connectivity index (χ4n) is 2.51. The number of hydrogen-bond acceptors (Lipinski definition) is 4. The maximum absolute atomic E-state index is 11.3. The molecule has 0 amide bonds. The number of nitrogens with one attached hydrogen (secondary N) is 3. The summed E-state index contributed by atoms with van der Waals surface area (Å²) in [7, 11) is -1.40. The van der Waals surface area contributed by atoms with Crippen molar-refractivity contribution in [3.63, 3.8) is 0 Å². The standard InChI is InChI=1S/C15H33N5O2S.HI/c1-4-23(21,22)19-10-9-18-15(16-3)17-8-5-11-20-12-6-14(2)7-13-20;/h14,19H,4-13H2,1-3H3,(H2,16,17,18);1H. The molecular formula is C15H34IN5O2S. The van der Waals surface area contributed by atoms with Crippen LogP contribution in [0, 0.1) is 5.92 Å². The average molecular weight is 475 g/mol. The van der Waals surface area contributed by atoms with Crippen molar-refractivity contribution in [3.05, 3.63) is 0 Å². The van der Waals surface area contributed by atoms with Crippen LogP contribution in [0.1, 0.15) is 33.1 Å². The maximum atomic E-state index is 11.3. The van der Waals surface area contributed by atoms with Crippen molar-refractivity contribution < 1.29 is 8.42 Å². The highest BCUT2D eigenvalue weighted by molar-refractivity contribution is 14.0. The number of aliphatic imine (C=N–C) groups is 1. The van der Waals surface area contributed by atoms with Gasteiger partial charge in [-0.25, -0.2) is 13.1 Å². The average Bonchev–Trinajstić information content (AvgIpc) is 2.55. The zero-order valence-electron chi connectivity index (χ0n) is 15.2. The lowest BCUT2D eigenvalue weighted by atomic mass is 9.99. The Kier molecular flexibility index (Phi) is 13.1. The molecule has 0 radical (unpaired) electrons. The number of likely N-dealkylation sites (tertiary alicyclic amines) is 1. The highest BCUT2D eigenvalue weighted by Gasteiger charge is 2.14. The van der Waals surface area contributed by atoms with E-state index in [0.717, 1.165) is 25.4 Å². The molecule has 1 rings (SSSR count). The number of piperidine rings is 1.